The lowest BCUT2D eigenvalue weighted by Gasteiger charge is -2.10. The molecule has 15 heavy (non-hydrogen) atoms. The van der Waals surface area contributed by atoms with E-state index in [9.17, 15) is 4.79 Å². The van der Waals surface area contributed by atoms with E-state index in [1.54, 1.807) is 0 Å². The van der Waals surface area contributed by atoms with Crippen molar-refractivity contribution < 1.29 is 9.90 Å². The smallest absolute Gasteiger partial charge is 0.305 e. The maximum atomic E-state index is 10.5. The van der Waals surface area contributed by atoms with E-state index in [0.717, 1.165) is 24.2 Å². The highest BCUT2D eigenvalue weighted by molar-refractivity contribution is 5.68. The summed E-state index contributed by atoms with van der Waals surface area (Å²) in [6.07, 6.45) is 0.967. The van der Waals surface area contributed by atoms with E-state index in [2.05, 4.69) is 5.32 Å². The molecule has 1 aromatic rings. The minimum Gasteiger partial charge on any atom is -0.481 e. The number of nitrogens with one attached hydrogen (secondary N) is 1. The van der Waals surface area contributed by atoms with E-state index in [4.69, 9.17) is 10.8 Å². The molecule has 0 aromatic heterocycles. The Bertz CT molecular complexity index is 390. The number of carboxylic acid groups (broad SMARTS) is 1. The van der Waals surface area contributed by atoms with Crippen molar-refractivity contribution in [2.24, 2.45) is 5.73 Å². The number of benzene rings is 1. The first-order valence-electron chi connectivity index (χ1n) is 5.01. The van der Waals surface area contributed by atoms with Crippen molar-refractivity contribution in [3.05, 3.63) is 29.3 Å². The molecule has 0 saturated heterocycles. The second-order valence-corrected chi connectivity index (χ2v) is 3.80. The van der Waals surface area contributed by atoms with Crippen LogP contribution in [0, 0.1) is 0 Å². The Kier molecular flexibility index (Phi) is 2.60. The van der Waals surface area contributed by atoms with Gasteiger partial charge >= 0.3 is 5.97 Å². The van der Waals surface area contributed by atoms with Crippen molar-refractivity contribution in [3.63, 3.8) is 0 Å². The fraction of sp³-hybridized carbons (Fsp3) is 0.364. The second kappa shape index (κ2) is 3.90. The number of anilines is 1. The van der Waals surface area contributed by atoms with Gasteiger partial charge in [-0.15, -0.1) is 0 Å². The number of carbonyl (C=O) groups is 1. The Morgan fingerprint density at radius 1 is 1.60 bits per heavy atom. The van der Waals surface area contributed by atoms with Crippen LogP contribution < -0.4 is 11.1 Å². The molecule has 0 amide bonds. The topological polar surface area (TPSA) is 75.4 Å². The summed E-state index contributed by atoms with van der Waals surface area (Å²) in [7, 11) is 0. The molecule has 1 atom stereocenters. The van der Waals surface area contributed by atoms with Gasteiger partial charge in [0.2, 0.25) is 0 Å². The van der Waals surface area contributed by atoms with Gasteiger partial charge in [0.05, 0.1) is 6.42 Å². The van der Waals surface area contributed by atoms with Crippen molar-refractivity contribution in [1.82, 2.24) is 0 Å². The lowest BCUT2D eigenvalue weighted by Crippen LogP contribution is -2.15. The number of hydrogen-bond acceptors (Lipinski definition) is 3. The van der Waals surface area contributed by atoms with Gasteiger partial charge < -0.3 is 16.2 Å². The summed E-state index contributed by atoms with van der Waals surface area (Å²) >= 11 is 0. The van der Waals surface area contributed by atoms with Crippen LogP contribution in [0.5, 0.6) is 0 Å². The lowest BCUT2D eigenvalue weighted by molar-refractivity contribution is -0.137. The summed E-state index contributed by atoms with van der Waals surface area (Å²) in [5.41, 5.74) is 9.06. The van der Waals surface area contributed by atoms with Gasteiger partial charge in [0.15, 0.2) is 0 Å². The zero-order valence-corrected chi connectivity index (χ0v) is 8.36. The van der Waals surface area contributed by atoms with Crippen LogP contribution in [-0.2, 0) is 11.2 Å². The number of hydrogen-bond donors (Lipinski definition) is 3. The molecule has 1 aromatic carbocycles. The molecular formula is C11H14N2O2. The predicted octanol–water partition coefficient (Wildman–Crippen LogP) is 1.13. The van der Waals surface area contributed by atoms with Crippen LogP contribution in [0.4, 0.5) is 5.69 Å². The summed E-state index contributed by atoms with van der Waals surface area (Å²) < 4.78 is 0. The molecule has 4 heteroatoms. The van der Waals surface area contributed by atoms with E-state index < -0.39 is 12.0 Å². The fourth-order valence-electron chi connectivity index (χ4n) is 1.86. The second-order valence-electron chi connectivity index (χ2n) is 3.80. The van der Waals surface area contributed by atoms with E-state index in [-0.39, 0.29) is 6.42 Å². The Hall–Kier alpha value is -1.55. The molecule has 0 fully saturated rings. The molecule has 80 valence electrons. The van der Waals surface area contributed by atoms with E-state index in [1.807, 2.05) is 18.2 Å². The van der Waals surface area contributed by atoms with Gasteiger partial charge in [-0.3, -0.25) is 4.79 Å². The van der Waals surface area contributed by atoms with Crippen LogP contribution in [0.1, 0.15) is 23.6 Å². The van der Waals surface area contributed by atoms with E-state index >= 15 is 0 Å². The van der Waals surface area contributed by atoms with Crippen LogP contribution in [0.25, 0.3) is 0 Å². The molecule has 1 unspecified atom stereocenters. The highest BCUT2D eigenvalue weighted by Crippen LogP contribution is 2.25. The first-order chi connectivity index (χ1) is 7.16. The molecule has 0 bridgehead atoms. The van der Waals surface area contributed by atoms with Crippen LogP contribution in [0.15, 0.2) is 18.2 Å². The van der Waals surface area contributed by atoms with Gasteiger partial charge in [-0.25, -0.2) is 0 Å². The molecule has 4 nitrogen and oxygen atoms in total. The van der Waals surface area contributed by atoms with Gasteiger partial charge in [0.25, 0.3) is 0 Å². The van der Waals surface area contributed by atoms with Crippen LogP contribution >= 0.6 is 0 Å². The van der Waals surface area contributed by atoms with Gasteiger partial charge in [-0.2, -0.15) is 0 Å². The van der Waals surface area contributed by atoms with Gasteiger partial charge in [-0.1, -0.05) is 12.1 Å². The molecule has 1 aliphatic heterocycles. The summed E-state index contributed by atoms with van der Waals surface area (Å²) in [5.74, 6) is -0.860. The summed E-state index contributed by atoms with van der Waals surface area (Å²) in [5, 5.41) is 11.9. The van der Waals surface area contributed by atoms with E-state index in [0.29, 0.717) is 0 Å². The summed E-state index contributed by atoms with van der Waals surface area (Å²) in [4.78, 5) is 10.5. The highest BCUT2D eigenvalue weighted by atomic mass is 16.4. The molecule has 2 rings (SSSR count). The van der Waals surface area contributed by atoms with Crippen molar-refractivity contribution in [2.45, 2.75) is 18.9 Å². The first kappa shape index (κ1) is 9.98. The molecular weight excluding hydrogens is 192 g/mol. The molecule has 0 saturated carbocycles. The Labute approximate surface area is 88.1 Å². The van der Waals surface area contributed by atoms with Crippen molar-refractivity contribution in [1.29, 1.82) is 0 Å². The summed E-state index contributed by atoms with van der Waals surface area (Å²) in [6, 6.07) is 5.46. The van der Waals surface area contributed by atoms with Crippen molar-refractivity contribution in [3.8, 4) is 0 Å². The van der Waals surface area contributed by atoms with Crippen molar-refractivity contribution >= 4 is 11.7 Å². The monoisotopic (exact) mass is 206 g/mol. The third-order valence-electron chi connectivity index (χ3n) is 2.66. The molecule has 1 aliphatic rings. The molecule has 0 spiro atoms. The Morgan fingerprint density at radius 3 is 3.13 bits per heavy atom. The quantitative estimate of drug-likeness (QED) is 0.693. The van der Waals surface area contributed by atoms with Crippen LogP contribution in [0.3, 0.4) is 0 Å². The van der Waals surface area contributed by atoms with Gasteiger partial charge in [-0.05, 0) is 23.6 Å². The standard InChI is InChI=1S/C11H14N2O2/c12-9(6-11(14)15)7-1-2-10-8(5-7)3-4-13-10/h1-2,5,9,13H,3-4,6,12H2,(H,14,15). The number of carboxylic acids is 1. The number of fused-ring (bicyclic) bond motifs is 1. The normalized spacial score (nSPS) is 15.5. The molecule has 0 aliphatic carbocycles. The predicted molar refractivity (Wildman–Crippen MR) is 57.8 cm³/mol. The maximum absolute atomic E-state index is 10.5. The van der Waals surface area contributed by atoms with Crippen LogP contribution in [0.2, 0.25) is 0 Å². The highest BCUT2D eigenvalue weighted by Gasteiger charge is 2.14. The Morgan fingerprint density at radius 2 is 2.40 bits per heavy atom. The van der Waals surface area contributed by atoms with Gasteiger partial charge in [0.1, 0.15) is 0 Å². The van der Waals surface area contributed by atoms with Gasteiger partial charge in [0, 0.05) is 18.3 Å². The zero-order chi connectivity index (χ0) is 10.8. The molecule has 0 radical (unpaired) electrons. The summed E-state index contributed by atoms with van der Waals surface area (Å²) in [6.45, 7) is 0.951. The minimum atomic E-state index is -0.860. The average molecular weight is 206 g/mol. The number of aliphatic carboxylic acids is 1. The maximum Gasteiger partial charge on any atom is 0.305 e. The lowest BCUT2D eigenvalue weighted by atomic mass is 10.0. The third-order valence-corrected chi connectivity index (χ3v) is 2.66. The zero-order valence-electron chi connectivity index (χ0n) is 8.36. The third kappa shape index (κ3) is 2.10. The number of rotatable bonds is 3. The fourth-order valence-corrected chi connectivity index (χ4v) is 1.86. The SMILES string of the molecule is NC(CC(=O)O)c1ccc2c(c1)CCN2. The minimum absolute atomic E-state index is 0.0216. The number of nitrogens with two attached hydrogens (primary N) is 1. The van der Waals surface area contributed by atoms with Crippen molar-refractivity contribution in [2.75, 3.05) is 11.9 Å². The first-order valence-corrected chi connectivity index (χ1v) is 5.01. The van der Waals surface area contributed by atoms with E-state index in [1.165, 1.54) is 5.56 Å². The molecule has 1 heterocycles. The largest absolute Gasteiger partial charge is 0.481 e. The molecule has 4 N–H and O–H groups in total. The average Bonchev–Trinajstić information content (AvgIpc) is 2.62. The Balaban J connectivity index is 2.19. The van der Waals surface area contributed by atoms with Crippen LogP contribution in [-0.4, -0.2) is 17.6 Å².